The smallest absolute Gasteiger partial charge is 0.308 e. The molecule has 0 radical (unpaired) electrons. The summed E-state index contributed by atoms with van der Waals surface area (Å²) in [6, 6.07) is 18.1. The van der Waals surface area contributed by atoms with Gasteiger partial charge in [-0.25, -0.2) is 0 Å². The van der Waals surface area contributed by atoms with Gasteiger partial charge in [0.1, 0.15) is 6.54 Å². The predicted octanol–water partition coefficient (Wildman–Crippen LogP) is 5.75. The van der Waals surface area contributed by atoms with Crippen LogP contribution in [0.1, 0.15) is 35.6 Å². The minimum Gasteiger partial charge on any atom is -0.325 e. The van der Waals surface area contributed by atoms with E-state index in [-0.39, 0.29) is 23.2 Å². The lowest BCUT2D eigenvalue weighted by Crippen LogP contribution is -2.34. The highest BCUT2D eigenvalue weighted by Crippen LogP contribution is 2.63. The molecule has 176 valence electrons. The number of amides is 1. The number of nitrogens with zero attached hydrogens (tertiary/aromatic N) is 2. The van der Waals surface area contributed by atoms with E-state index in [1.807, 2.05) is 66.6 Å². The van der Waals surface area contributed by atoms with Crippen molar-refractivity contribution in [2.75, 3.05) is 5.32 Å². The molecule has 35 heavy (non-hydrogen) atoms. The molecule has 3 aliphatic rings. The molecule has 2 bridgehead atoms. The van der Waals surface area contributed by atoms with Crippen LogP contribution in [0.15, 0.2) is 76.8 Å². The Bertz CT molecular complexity index is 1500. The molecule has 2 fully saturated rings. The summed E-state index contributed by atoms with van der Waals surface area (Å²) < 4.78 is 1.71. The molecular weight excluding hydrogens is 474 g/mol. The maximum absolute atomic E-state index is 13.2. The van der Waals surface area contributed by atoms with Crippen LogP contribution in [0.5, 0.6) is 0 Å². The van der Waals surface area contributed by atoms with Gasteiger partial charge < -0.3 is 5.32 Å². The summed E-state index contributed by atoms with van der Waals surface area (Å²) in [6.07, 6.45) is 7.65. The van der Waals surface area contributed by atoms with Crippen LogP contribution >= 0.6 is 23.1 Å². The number of rotatable bonds is 4. The number of thiazole rings is 1. The van der Waals surface area contributed by atoms with Crippen LogP contribution in [0.25, 0.3) is 10.8 Å². The molecule has 3 heterocycles. The van der Waals surface area contributed by atoms with Crippen molar-refractivity contribution in [1.82, 2.24) is 9.55 Å². The van der Waals surface area contributed by atoms with Crippen molar-refractivity contribution >= 4 is 45.5 Å². The number of hydrogen-bond donors (Lipinski definition) is 1. The molecule has 4 unspecified atom stereocenters. The molecule has 7 heteroatoms. The van der Waals surface area contributed by atoms with Gasteiger partial charge in [-0.3, -0.25) is 19.1 Å². The summed E-state index contributed by atoms with van der Waals surface area (Å²) in [5, 5.41) is 6.72. The van der Waals surface area contributed by atoms with Gasteiger partial charge in [0.25, 0.3) is 0 Å². The average molecular weight is 500 g/mol. The summed E-state index contributed by atoms with van der Waals surface area (Å²) in [5.74, 6) is 2.00. The SMILES string of the molecule is O=C(Cn1c2c(sc1=O)[C@H](c1cccnc1)C1C3CCC(C3)C1S2)Nc1ccc2ccccc2c1. The third-order valence-electron chi connectivity index (χ3n) is 8.07. The Balaban J connectivity index is 1.22. The highest BCUT2D eigenvalue weighted by Gasteiger charge is 2.55. The number of thioether (sulfide) groups is 1. The van der Waals surface area contributed by atoms with Crippen LogP contribution in [0.2, 0.25) is 0 Å². The number of nitrogens with one attached hydrogen (secondary N) is 1. The maximum atomic E-state index is 13.2. The molecule has 2 aliphatic carbocycles. The van der Waals surface area contributed by atoms with Gasteiger partial charge in [0.2, 0.25) is 5.91 Å². The number of carbonyl (C=O) groups excluding carboxylic acids is 1. The van der Waals surface area contributed by atoms with Crippen LogP contribution in [0.4, 0.5) is 5.69 Å². The van der Waals surface area contributed by atoms with E-state index in [9.17, 15) is 9.59 Å². The third kappa shape index (κ3) is 3.55. The van der Waals surface area contributed by atoms with Gasteiger partial charge in [-0.05, 0) is 71.6 Å². The molecule has 5 atom stereocenters. The first-order chi connectivity index (χ1) is 17.2. The van der Waals surface area contributed by atoms with Crippen LogP contribution in [-0.4, -0.2) is 20.7 Å². The van der Waals surface area contributed by atoms with E-state index >= 15 is 0 Å². The van der Waals surface area contributed by atoms with Crippen LogP contribution < -0.4 is 10.2 Å². The van der Waals surface area contributed by atoms with Gasteiger partial charge in [-0.2, -0.15) is 0 Å². The zero-order valence-corrected chi connectivity index (χ0v) is 20.7. The molecule has 5 nitrogen and oxygen atoms in total. The molecule has 2 saturated carbocycles. The predicted molar refractivity (Wildman–Crippen MR) is 141 cm³/mol. The normalized spacial score (nSPS) is 26.5. The third-order valence-corrected chi connectivity index (χ3v) is 10.9. The second kappa shape index (κ2) is 8.35. The average Bonchev–Trinajstić information content (AvgIpc) is 3.57. The lowest BCUT2D eigenvalue weighted by atomic mass is 9.75. The number of anilines is 1. The Morgan fingerprint density at radius 2 is 1.91 bits per heavy atom. The Kier molecular flexibility index (Phi) is 5.10. The van der Waals surface area contributed by atoms with Gasteiger partial charge in [-0.15, -0.1) is 11.8 Å². The molecule has 2 aromatic heterocycles. The minimum atomic E-state index is -0.170. The number of carbonyl (C=O) groups is 1. The van der Waals surface area contributed by atoms with Crippen LogP contribution in [0.3, 0.4) is 0 Å². The van der Waals surface area contributed by atoms with E-state index in [4.69, 9.17) is 0 Å². The number of fused-ring (bicyclic) bond motifs is 7. The maximum Gasteiger partial charge on any atom is 0.308 e. The first-order valence-electron chi connectivity index (χ1n) is 12.2. The molecule has 1 amide bonds. The number of hydrogen-bond acceptors (Lipinski definition) is 5. The highest BCUT2D eigenvalue weighted by atomic mass is 32.2. The van der Waals surface area contributed by atoms with E-state index < -0.39 is 0 Å². The van der Waals surface area contributed by atoms with Crippen LogP contribution in [0, 0.1) is 17.8 Å². The lowest BCUT2D eigenvalue weighted by molar-refractivity contribution is -0.116. The van der Waals surface area contributed by atoms with Gasteiger partial charge in [-0.1, -0.05) is 47.7 Å². The Morgan fingerprint density at radius 3 is 2.77 bits per heavy atom. The molecule has 1 N–H and O–H groups in total. The van der Waals surface area contributed by atoms with E-state index in [1.165, 1.54) is 36.2 Å². The van der Waals surface area contributed by atoms with E-state index in [0.717, 1.165) is 32.3 Å². The van der Waals surface area contributed by atoms with Gasteiger partial charge in [0.05, 0.1) is 5.03 Å². The summed E-state index contributed by atoms with van der Waals surface area (Å²) in [4.78, 5) is 31.8. The second-order valence-corrected chi connectivity index (χ2v) is 12.2. The van der Waals surface area contributed by atoms with Gasteiger partial charge in [0, 0.05) is 34.1 Å². The van der Waals surface area contributed by atoms with Gasteiger partial charge in [0.15, 0.2) is 0 Å². The minimum absolute atomic E-state index is 0.0374. The molecule has 1 aliphatic heterocycles. The van der Waals surface area contributed by atoms with Crippen LogP contribution in [-0.2, 0) is 11.3 Å². The fourth-order valence-electron chi connectivity index (χ4n) is 6.63. The molecule has 2 aromatic carbocycles. The summed E-state index contributed by atoms with van der Waals surface area (Å²) in [6.45, 7) is 0.0374. The van der Waals surface area contributed by atoms with E-state index in [2.05, 4.69) is 22.4 Å². The van der Waals surface area contributed by atoms with Crippen molar-refractivity contribution in [2.45, 2.75) is 42.0 Å². The van der Waals surface area contributed by atoms with Gasteiger partial charge >= 0.3 is 4.87 Å². The first-order valence-corrected chi connectivity index (χ1v) is 13.9. The Hall–Kier alpha value is -2.90. The number of aromatic nitrogens is 2. The zero-order valence-electron chi connectivity index (χ0n) is 19.1. The van der Waals surface area contributed by atoms with Crippen molar-refractivity contribution in [2.24, 2.45) is 17.8 Å². The standard InChI is InChI=1S/C28H25N3O2S2/c32-22(30-21-10-9-16-4-1-2-5-17(16)13-21)15-31-27-26(35-28(31)33)24(20-6-3-11-29-14-20)23-18-7-8-19(12-18)25(23)34-27/h1-6,9-11,13-14,18-19,23-25H,7-8,12,15H2,(H,30,32)/t18?,19?,23?,24-,25?/m1/s1. The molecular formula is C28H25N3O2S2. The summed E-state index contributed by atoms with van der Waals surface area (Å²) in [7, 11) is 0. The monoisotopic (exact) mass is 499 g/mol. The van der Waals surface area contributed by atoms with Crippen molar-refractivity contribution in [3.05, 3.63) is 87.1 Å². The van der Waals surface area contributed by atoms with E-state index in [0.29, 0.717) is 17.1 Å². The van der Waals surface area contributed by atoms with Crippen molar-refractivity contribution in [1.29, 1.82) is 0 Å². The fraction of sp³-hybridized carbons (Fsp3) is 0.321. The topological polar surface area (TPSA) is 64.0 Å². The second-order valence-electron chi connectivity index (χ2n) is 9.99. The first kappa shape index (κ1) is 21.4. The van der Waals surface area contributed by atoms with Crippen molar-refractivity contribution in [3.63, 3.8) is 0 Å². The lowest BCUT2D eigenvalue weighted by Gasteiger charge is -2.40. The largest absolute Gasteiger partial charge is 0.325 e. The fourth-order valence-corrected chi connectivity index (χ4v) is 9.78. The van der Waals surface area contributed by atoms with Crippen molar-refractivity contribution in [3.8, 4) is 0 Å². The molecule has 0 saturated heterocycles. The highest BCUT2D eigenvalue weighted by molar-refractivity contribution is 8.00. The molecule has 7 rings (SSSR count). The molecule has 4 aromatic rings. The van der Waals surface area contributed by atoms with E-state index in [1.54, 1.807) is 4.57 Å². The zero-order chi connectivity index (χ0) is 23.5. The summed E-state index contributed by atoms with van der Waals surface area (Å²) >= 11 is 3.18. The summed E-state index contributed by atoms with van der Waals surface area (Å²) in [5.41, 5.74) is 1.95. The Labute approximate surface area is 211 Å². The number of benzene rings is 2. The number of pyridine rings is 1. The quantitative estimate of drug-likeness (QED) is 0.388. The molecule has 0 spiro atoms. The Morgan fingerprint density at radius 1 is 1.06 bits per heavy atom. The van der Waals surface area contributed by atoms with Crippen molar-refractivity contribution < 1.29 is 4.79 Å².